The molecule has 3 N–H and O–H groups in total. The van der Waals surface area contributed by atoms with Crippen LogP contribution in [-0.4, -0.2) is 29.7 Å². The van der Waals surface area contributed by atoms with E-state index in [2.05, 4.69) is 71.7 Å². The molecule has 0 atom stereocenters. The van der Waals surface area contributed by atoms with E-state index in [0.29, 0.717) is 6.61 Å². The standard InChI is InChI=1S/C27H29N3O/c28-30-17-15-24-25(16-18-30)29-26-10-4-8-22(27(24)26)9-5-19-31-23-13-11-21(12-14-23)20-6-2-1-3-7-20/h1-4,6-8,10-14,29H,5,9,15-19,28H2. The zero-order valence-corrected chi connectivity index (χ0v) is 17.8. The van der Waals surface area contributed by atoms with Crippen molar-refractivity contribution in [2.45, 2.75) is 25.7 Å². The van der Waals surface area contributed by atoms with Crippen molar-refractivity contribution in [2.75, 3.05) is 19.7 Å². The van der Waals surface area contributed by atoms with E-state index in [9.17, 15) is 0 Å². The van der Waals surface area contributed by atoms with Crippen LogP contribution in [-0.2, 0) is 19.3 Å². The average molecular weight is 412 g/mol. The molecule has 0 bridgehead atoms. The van der Waals surface area contributed by atoms with Gasteiger partial charge in [0, 0.05) is 36.1 Å². The molecule has 4 nitrogen and oxygen atoms in total. The first-order valence-corrected chi connectivity index (χ1v) is 11.2. The number of benzene rings is 3. The van der Waals surface area contributed by atoms with Crippen LogP contribution >= 0.6 is 0 Å². The Balaban J connectivity index is 1.22. The third kappa shape index (κ3) is 4.36. The molecule has 158 valence electrons. The van der Waals surface area contributed by atoms with Gasteiger partial charge < -0.3 is 9.72 Å². The minimum Gasteiger partial charge on any atom is -0.494 e. The molecule has 0 unspecified atom stereocenters. The molecule has 5 rings (SSSR count). The smallest absolute Gasteiger partial charge is 0.119 e. The Kier molecular flexibility index (Phi) is 5.74. The van der Waals surface area contributed by atoms with Gasteiger partial charge in [-0.3, -0.25) is 5.84 Å². The maximum absolute atomic E-state index is 6.05. The van der Waals surface area contributed by atoms with E-state index in [1.807, 2.05) is 11.1 Å². The van der Waals surface area contributed by atoms with Crippen molar-refractivity contribution >= 4 is 10.9 Å². The molecule has 0 saturated carbocycles. The summed E-state index contributed by atoms with van der Waals surface area (Å²) < 4.78 is 6.03. The Labute approximate surface area is 183 Å². The Morgan fingerprint density at radius 2 is 1.61 bits per heavy atom. The van der Waals surface area contributed by atoms with Crippen LogP contribution in [0.2, 0.25) is 0 Å². The molecule has 2 heterocycles. The minimum absolute atomic E-state index is 0.713. The summed E-state index contributed by atoms with van der Waals surface area (Å²) in [5, 5.41) is 3.33. The third-order valence-corrected chi connectivity index (χ3v) is 6.22. The van der Waals surface area contributed by atoms with Gasteiger partial charge in [-0.15, -0.1) is 0 Å². The largest absolute Gasteiger partial charge is 0.494 e. The summed E-state index contributed by atoms with van der Waals surface area (Å²) in [5.74, 6) is 6.98. The highest BCUT2D eigenvalue weighted by Crippen LogP contribution is 2.29. The molecule has 3 aromatic carbocycles. The lowest BCUT2D eigenvalue weighted by molar-refractivity contribution is 0.298. The second kappa shape index (κ2) is 8.96. The molecule has 1 aromatic heterocycles. The summed E-state index contributed by atoms with van der Waals surface area (Å²) in [4.78, 5) is 3.64. The fourth-order valence-corrected chi connectivity index (χ4v) is 4.60. The fraction of sp³-hybridized carbons (Fsp3) is 0.259. The van der Waals surface area contributed by atoms with Gasteiger partial charge in [0.15, 0.2) is 0 Å². The van der Waals surface area contributed by atoms with E-state index in [0.717, 1.165) is 44.5 Å². The van der Waals surface area contributed by atoms with Gasteiger partial charge in [0.05, 0.1) is 6.61 Å². The van der Waals surface area contributed by atoms with Crippen LogP contribution in [0.1, 0.15) is 23.2 Å². The van der Waals surface area contributed by atoms with E-state index >= 15 is 0 Å². The number of nitrogens with two attached hydrogens (primary N) is 1. The Hall–Kier alpha value is -3.08. The molecule has 31 heavy (non-hydrogen) atoms. The highest BCUT2D eigenvalue weighted by molar-refractivity contribution is 5.88. The molecule has 0 radical (unpaired) electrons. The summed E-state index contributed by atoms with van der Waals surface area (Å²) in [7, 11) is 0. The summed E-state index contributed by atoms with van der Waals surface area (Å²) in [6.07, 6.45) is 3.99. The number of fused-ring (bicyclic) bond motifs is 3. The summed E-state index contributed by atoms with van der Waals surface area (Å²) >= 11 is 0. The Bertz CT molecular complexity index is 1150. The van der Waals surface area contributed by atoms with Gasteiger partial charge in [0.2, 0.25) is 0 Å². The van der Waals surface area contributed by atoms with Crippen molar-refractivity contribution in [1.82, 2.24) is 9.99 Å². The monoisotopic (exact) mass is 411 g/mol. The van der Waals surface area contributed by atoms with Crippen molar-refractivity contribution in [1.29, 1.82) is 0 Å². The highest BCUT2D eigenvalue weighted by Gasteiger charge is 2.18. The number of hydrazine groups is 1. The molecule has 4 heteroatoms. The van der Waals surface area contributed by atoms with E-state index in [1.165, 1.54) is 38.9 Å². The topological polar surface area (TPSA) is 54.3 Å². The lowest BCUT2D eigenvalue weighted by Crippen LogP contribution is -2.33. The lowest BCUT2D eigenvalue weighted by Gasteiger charge is -2.12. The van der Waals surface area contributed by atoms with Gasteiger partial charge in [-0.25, -0.2) is 5.01 Å². The summed E-state index contributed by atoms with van der Waals surface area (Å²) in [5.41, 5.74) is 7.91. The maximum Gasteiger partial charge on any atom is 0.119 e. The fourth-order valence-electron chi connectivity index (χ4n) is 4.60. The number of hydrogen-bond acceptors (Lipinski definition) is 3. The first kappa shape index (κ1) is 19.9. The molecule has 0 amide bonds. The van der Waals surface area contributed by atoms with Crippen LogP contribution in [0.25, 0.3) is 22.0 Å². The number of aromatic nitrogens is 1. The van der Waals surface area contributed by atoms with Crippen molar-refractivity contribution in [3.8, 4) is 16.9 Å². The second-order valence-electron chi connectivity index (χ2n) is 8.30. The molecule has 1 aliphatic heterocycles. The molecule has 0 fully saturated rings. The van der Waals surface area contributed by atoms with Crippen LogP contribution in [0.3, 0.4) is 0 Å². The van der Waals surface area contributed by atoms with E-state index in [4.69, 9.17) is 10.6 Å². The molecular weight excluding hydrogens is 382 g/mol. The highest BCUT2D eigenvalue weighted by atomic mass is 16.5. The van der Waals surface area contributed by atoms with Crippen molar-refractivity contribution in [2.24, 2.45) is 5.84 Å². The number of aryl methyl sites for hydroxylation is 1. The normalized spacial score (nSPS) is 14.4. The molecule has 4 aromatic rings. The summed E-state index contributed by atoms with van der Waals surface area (Å²) in [6, 6.07) is 25.4. The zero-order valence-electron chi connectivity index (χ0n) is 17.8. The molecule has 0 spiro atoms. The van der Waals surface area contributed by atoms with Crippen LogP contribution in [0, 0.1) is 0 Å². The van der Waals surface area contributed by atoms with Gasteiger partial charge in [-0.05, 0) is 59.7 Å². The van der Waals surface area contributed by atoms with Gasteiger partial charge in [0.1, 0.15) is 5.75 Å². The molecular formula is C27H29N3O. The predicted octanol–water partition coefficient (Wildman–Crippen LogP) is 5.12. The van der Waals surface area contributed by atoms with Crippen molar-refractivity contribution in [3.63, 3.8) is 0 Å². The molecule has 0 aliphatic carbocycles. The summed E-state index contributed by atoms with van der Waals surface area (Å²) in [6.45, 7) is 2.53. The average Bonchev–Trinajstić information content (AvgIpc) is 3.08. The molecule has 0 saturated heterocycles. The Morgan fingerprint density at radius 3 is 2.45 bits per heavy atom. The van der Waals surface area contributed by atoms with Crippen LogP contribution in [0.15, 0.2) is 72.8 Å². The van der Waals surface area contributed by atoms with Gasteiger partial charge in [-0.1, -0.05) is 54.6 Å². The lowest BCUT2D eigenvalue weighted by atomic mass is 9.99. The first-order chi connectivity index (χ1) is 15.3. The number of nitrogens with one attached hydrogen (secondary N) is 1. The van der Waals surface area contributed by atoms with Gasteiger partial charge in [0.25, 0.3) is 0 Å². The van der Waals surface area contributed by atoms with E-state index in [-0.39, 0.29) is 0 Å². The SMILES string of the molecule is NN1CCc2[nH]c3cccc(CCCOc4ccc(-c5ccccc5)cc4)c3c2CC1. The van der Waals surface area contributed by atoms with Crippen LogP contribution < -0.4 is 10.6 Å². The van der Waals surface area contributed by atoms with Crippen molar-refractivity contribution < 1.29 is 4.74 Å². The molecule has 1 aliphatic rings. The number of hydrogen-bond donors (Lipinski definition) is 2. The third-order valence-electron chi connectivity index (χ3n) is 6.22. The quantitative estimate of drug-likeness (QED) is 0.342. The van der Waals surface area contributed by atoms with Crippen molar-refractivity contribution in [3.05, 3.63) is 89.6 Å². The maximum atomic E-state index is 6.05. The zero-order chi connectivity index (χ0) is 21.0. The van der Waals surface area contributed by atoms with Crippen LogP contribution in [0.5, 0.6) is 5.75 Å². The van der Waals surface area contributed by atoms with E-state index < -0.39 is 0 Å². The Morgan fingerprint density at radius 1 is 0.839 bits per heavy atom. The number of rotatable bonds is 6. The number of ether oxygens (including phenoxy) is 1. The predicted molar refractivity (Wildman–Crippen MR) is 127 cm³/mol. The first-order valence-electron chi connectivity index (χ1n) is 11.2. The van der Waals surface area contributed by atoms with Crippen LogP contribution in [0.4, 0.5) is 0 Å². The second-order valence-corrected chi connectivity index (χ2v) is 8.30. The van der Waals surface area contributed by atoms with Gasteiger partial charge >= 0.3 is 0 Å². The van der Waals surface area contributed by atoms with Gasteiger partial charge in [-0.2, -0.15) is 0 Å². The number of nitrogens with zero attached hydrogens (tertiary/aromatic N) is 1. The minimum atomic E-state index is 0.713. The number of aromatic amines is 1. The van der Waals surface area contributed by atoms with E-state index in [1.54, 1.807) is 0 Å². The number of H-pyrrole nitrogens is 1.